The number of hydrogen-bond donors (Lipinski definition) is 2. The summed E-state index contributed by atoms with van der Waals surface area (Å²) in [6.07, 6.45) is 1.50. The van der Waals surface area contributed by atoms with Crippen LogP contribution in [-0.4, -0.2) is 30.9 Å². The van der Waals surface area contributed by atoms with Crippen LogP contribution in [0.3, 0.4) is 0 Å². The number of methoxy groups -OCH3 is 2. The number of nitrogens with one attached hydrogen (secondary N) is 2. The van der Waals surface area contributed by atoms with E-state index < -0.39 is 11.7 Å². The Labute approximate surface area is 148 Å². The van der Waals surface area contributed by atoms with Crippen molar-refractivity contribution < 1.29 is 19.1 Å². The number of benzene rings is 2. The molecule has 7 heteroatoms. The molecule has 0 aliphatic carbocycles. The molecule has 0 aliphatic rings. The number of amides is 1. The van der Waals surface area contributed by atoms with Gasteiger partial charge in [-0.2, -0.15) is 0 Å². The van der Waals surface area contributed by atoms with Crippen molar-refractivity contribution in [3.05, 3.63) is 53.2 Å². The van der Waals surface area contributed by atoms with Crippen molar-refractivity contribution in [2.75, 3.05) is 19.5 Å². The number of Topliss-reactive ketones (excluding diaryl/α,β-unsaturated/α-hetero) is 1. The van der Waals surface area contributed by atoms with Gasteiger partial charge in [0.1, 0.15) is 0 Å². The summed E-state index contributed by atoms with van der Waals surface area (Å²) < 4.78 is 10.3. The molecule has 0 radical (unpaired) electrons. The number of aromatic nitrogens is 1. The molecule has 0 fully saturated rings. The molecular weight excluding hydrogens is 344 g/mol. The van der Waals surface area contributed by atoms with Crippen LogP contribution in [0.25, 0.3) is 10.9 Å². The van der Waals surface area contributed by atoms with Gasteiger partial charge in [-0.3, -0.25) is 9.59 Å². The fraction of sp³-hybridized carbons (Fsp3) is 0.111. The Hall–Kier alpha value is -2.99. The highest BCUT2D eigenvalue weighted by Crippen LogP contribution is 2.30. The topological polar surface area (TPSA) is 80.4 Å². The highest BCUT2D eigenvalue weighted by Gasteiger charge is 2.20. The molecule has 0 spiro atoms. The van der Waals surface area contributed by atoms with Crippen LogP contribution in [0, 0.1) is 0 Å². The summed E-state index contributed by atoms with van der Waals surface area (Å²) in [5, 5.41) is 3.65. The van der Waals surface area contributed by atoms with Crippen molar-refractivity contribution >= 4 is 39.9 Å². The van der Waals surface area contributed by atoms with Gasteiger partial charge >= 0.3 is 0 Å². The summed E-state index contributed by atoms with van der Waals surface area (Å²) in [7, 11) is 3.01. The number of hydrogen-bond acceptors (Lipinski definition) is 4. The molecule has 0 aliphatic heterocycles. The maximum absolute atomic E-state index is 12.5. The lowest BCUT2D eigenvalue weighted by Crippen LogP contribution is -2.22. The third kappa shape index (κ3) is 3.29. The Morgan fingerprint density at radius 1 is 1.04 bits per heavy atom. The van der Waals surface area contributed by atoms with Gasteiger partial charge in [0.2, 0.25) is 0 Å². The molecule has 2 N–H and O–H groups in total. The Balaban J connectivity index is 1.85. The van der Waals surface area contributed by atoms with E-state index in [0.717, 1.165) is 5.52 Å². The van der Waals surface area contributed by atoms with Crippen LogP contribution in [0.15, 0.2) is 42.6 Å². The van der Waals surface area contributed by atoms with Gasteiger partial charge in [0, 0.05) is 33.9 Å². The van der Waals surface area contributed by atoms with E-state index in [1.807, 2.05) is 0 Å². The standard InChI is InChI=1S/C18H15ClN2O4/c1-24-15-6-4-11(8-16(15)25-2)21-18(23)17(22)13-9-20-14-5-3-10(19)7-12(13)14/h3-9,20H,1-2H3,(H,21,23). The zero-order valence-electron chi connectivity index (χ0n) is 13.6. The fourth-order valence-corrected chi connectivity index (χ4v) is 2.68. The molecule has 1 aromatic heterocycles. The SMILES string of the molecule is COc1ccc(NC(=O)C(=O)c2c[nH]c3ccc(Cl)cc23)cc1OC. The number of aromatic amines is 1. The summed E-state index contributed by atoms with van der Waals surface area (Å²) in [6, 6.07) is 9.95. The molecule has 3 aromatic rings. The molecule has 128 valence electrons. The van der Waals surface area contributed by atoms with Gasteiger partial charge in [-0.1, -0.05) is 11.6 Å². The van der Waals surface area contributed by atoms with Crippen molar-refractivity contribution in [2.45, 2.75) is 0 Å². The third-order valence-corrected chi connectivity index (χ3v) is 3.97. The van der Waals surface area contributed by atoms with Crippen molar-refractivity contribution in [1.29, 1.82) is 0 Å². The van der Waals surface area contributed by atoms with Gasteiger partial charge in [-0.15, -0.1) is 0 Å². The van der Waals surface area contributed by atoms with Crippen molar-refractivity contribution in [1.82, 2.24) is 4.98 Å². The lowest BCUT2D eigenvalue weighted by molar-refractivity contribution is -0.112. The number of anilines is 1. The predicted molar refractivity (Wildman–Crippen MR) is 95.8 cm³/mol. The van der Waals surface area contributed by atoms with E-state index >= 15 is 0 Å². The number of halogens is 1. The van der Waals surface area contributed by atoms with Crippen molar-refractivity contribution in [3.63, 3.8) is 0 Å². The Morgan fingerprint density at radius 2 is 1.80 bits per heavy atom. The average molecular weight is 359 g/mol. The average Bonchev–Trinajstić information content (AvgIpc) is 3.03. The summed E-state index contributed by atoms with van der Waals surface area (Å²) >= 11 is 5.97. The zero-order chi connectivity index (χ0) is 18.0. The molecule has 0 saturated heterocycles. The second-order valence-corrected chi connectivity index (χ2v) is 5.68. The number of rotatable bonds is 5. The molecule has 2 aromatic carbocycles. The maximum atomic E-state index is 12.5. The lowest BCUT2D eigenvalue weighted by atomic mass is 10.1. The first kappa shape index (κ1) is 16.9. The van der Waals surface area contributed by atoms with Gasteiger partial charge in [-0.05, 0) is 30.3 Å². The predicted octanol–water partition coefficient (Wildman–Crippen LogP) is 3.66. The number of ketones is 1. The zero-order valence-corrected chi connectivity index (χ0v) is 14.3. The maximum Gasteiger partial charge on any atom is 0.296 e. The van der Waals surface area contributed by atoms with Crippen LogP contribution >= 0.6 is 11.6 Å². The monoisotopic (exact) mass is 358 g/mol. The summed E-state index contributed by atoms with van der Waals surface area (Å²) in [5.41, 5.74) is 1.41. The van der Waals surface area contributed by atoms with Crippen LogP contribution in [0.4, 0.5) is 5.69 Å². The minimum atomic E-state index is -0.756. The van der Waals surface area contributed by atoms with Crippen LogP contribution in [0.1, 0.15) is 10.4 Å². The highest BCUT2D eigenvalue weighted by atomic mass is 35.5. The van der Waals surface area contributed by atoms with E-state index in [1.54, 1.807) is 36.4 Å². The second-order valence-electron chi connectivity index (χ2n) is 5.25. The third-order valence-electron chi connectivity index (χ3n) is 3.74. The Bertz CT molecular complexity index is 965. The summed E-state index contributed by atoms with van der Waals surface area (Å²) in [6.45, 7) is 0. The molecule has 1 amide bonds. The first-order valence-corrected chi connectivity index (χ1v) is 7.75. The largest absolute Gasteiger partial charge is 0.493 e. The van der Waals surface area contributed by atoms with Crippen molar-refractivity contribution in [2.24, 2.45) is 0 Å². The minimum absolute atomic E-state index is 0.260. The van der Waals surface area contributed by atoms with Gasteiger partial charge in [0.25, 0.3) is 11.7 Å². The second kappa shape index (κ2) is 6.86. The molecule has 0 unspecified atom stereocenters. The van der Waals surface area contributed by atoms with Crippen LogP contribution < -0.4 is 14.8 Å². The van der Waals surface area contributed by atoms with Gasteiger partial charge in [-0.25, -0.2) is 0 Å². The Kier molecular flexibility index (Phi) is 4.63. The molecule has 6 nitrogen and oxygen atoms in total. The quantitative estimate of drug-likeness (QED) is 0.538. The first-order valence-electron chi connectivity index (χ1n) is 7.38. The minimum Gasteiger partial charge on any atom is -0.493 e. The van der Waals surface area contributed by atoms with E-state index in [9.17, 15) is 9.59 Å². The van der Waals surface area contributed by atoms with E-state index in [-0.39, 0.29) is 5.56 Å². The molecule has 3 rings (SSSR count). The van der Waals surface area contributed by atoms with Crippen LogP contribution in [0.5, 0.6) is 11.5 Å². The Morgan fingerprint density at radius 3 is 2.52 bits per heavy atom. The first-order chi connectivity index (χ1) is 12.0. The van der Waals surface area contributed by atoms with E-state index in [4.69, 9.17) is 21.1 Å². The summed E-state index contributed by atoms with van der Waals surface area (Å²) in [5.74, 6) is -0.443. The van der Waals surface area contributed by atoms with Gasteiger partial charge < -0.3 is 19.8 Å². The molecule has 0 atom stereocenters. The van der Waals surface area contributed by atoms with Crippen LogP contribution in [-0.2, 0) is 4.79 Å². The highest BCUT2D eigenvalue weighted by molar-refractivity contribution is 6.48. The number of carbonyl (C=O) groups excluding carboxylic acids is 2. The van der Waals surface area contributed by atoms with E-state index in [0.29, 0.717) is 27.6 Å². The number of H-pyrrole nitrogens is 1. The molecular formula is C18H15ClN2O4. The number of carbonyl (C=O) groups is 2. The number of ether oxygens (including phenoxy) is 2. The van der Waals surface area contributed by atoms with Crippen molar-refractivity contribution in [3.8, 4) is 11.5 Å². The normalized spacial score (nSPS) is 10.5. The molecule has 0 saturated carbocycles. The molecule has 1 heterocycles. The smallest absolute Gasteiger partial charge is 0.296 e. The van der Waals surface area contributed by atoms with Crippen LogP contribution in [0.2, 0.25) is 5.02 Å². The molecule has 25 heavy (non-hydrogen) atoms. The van der Waals surface area contributed by atoms with Gasteiger partial charge in [0.15, 0.2) is 11.5 Å². The van der Waals surface area contributed by atoms with E-state index in [1.165, 1.54) is 20.4 Å². The number of fused-ring (bicyclic) bond motifs is 1. The molecule has 0 bridgehead atoms. The van der Waals surface area contributed by atoms with E-state index in [2.05, 4.69) is 10.3 Å². The summed E-state index contributed by atoms with van der Waals surface area (Å²) in [4.78, 5) is 27.7. The lowest BCUT2D eigenvalue weighted by Gasteiger charge is -2.10. The fourth-order valence-electron chi connectivity index (χ4n) is 2.50. The van der Waals surface area contributed by atoms with Gasteiger partial charge in [0.05, 0.1) is 19.8 Å².